The van der Waals surface area contributed by atoms with Crippen molar-refractivity contribution >= 4 is 0 Å². The Morgan fingerprint density at radius 1 is 1.10 bits per heavy atom. The third-order valence-corrected chi connectivity index (χ3v) is 2.96. The molecule has 0 aliphatic heterocycles. The van der Waals surface area contributed by atoms with Crippen molar-refractivity contribution in [2.75, 3.05) is 7.11 Å². The predicted molar refractivity (Wildman–Crippen MR) is 68.5 cm³/mol. The van der Waals surface area contributed by atoms with Gasteiger partial charge in [0.05, 0.1) is 18.7 Å². The van der Waals surface area contributed by atoms with Crippen molar-refractivity contribution in [1.29, 1.82) is 0 Å². The van der Waals surface area contributed by atoms with Gasteiger partial charge >= 0.3 is 0 Å². The molecule has 0 aliphatic carbocycles. The first kappa shape index (κ1) is 14.4. The topological polar surface area (TPSA) is 47.3 Å². The third kappa shape index (κ3) is 2.61. The number of benzene rings is 2. The highest BCUT2D eigenvalue weighted by Crippen LogP contribution is 2.33. The van der Waals surface area contributed by atoms with Gasteiger partial charge in [-0.05, 0) is 18.2 Å². The molecule has 0 heterocycles. The van der Waals surface area contributed by atoms with Crippen LogP contribution in [-0.2, 0) is 0 Å². The van der Waals surface area contributed by atoms with Crippen LogP contribution in [0.1, 0.15) is 17.2 Å². The van der Waals surface area contributed by atoms with Crippen molar-refractivity contribution in [2.45, 2.75) is 6.04 Å². The summed E-state index contributed by atoms with van der Waals surface area (Å²) in [7, 11) is 1.37. The molecule has 0 radical (unpaired) electrons. The van der Waals surface area contributed by atoms with Crippen molar-refractivity contribution in [3.8, 4) is 5.75 Å². The summed E-state index contributed by atoms with van der Waals surface area (Å²) in [5.74, 6) is 3.48. The molecule has 0 aliphatic rings. The summed E-state index contributed by atoms with van der Waals surface area (Å²) >= 11 is 0. The smallest absolute Gasteiger partial charge is 0.132 e. The minimum atomic E-state index is -0.994. The van der Waals surface area contributed by atoms with Gasteiger partial charge in [0, 0.05) is 11.6 Å². The first-order chi connectivity index (χ1) is 9.58. The largest absolute Gasteiger partial charge is 0.496 e. The number of methoxy groups -OCH3 is 1. The molecule has 6 heteroatoms. The Morgan fingerprint density at radius 2 is 1.85 bits per heavy atom. The fourth-order valence-electron chi connectivity index (χ4n) is 2.04. The third-order valence-electron chi connectivity index (χ3n) is 2.96. The molecule has 2 aromatic carbocycles. The first-order valence-electron chi connectivity index (χ1n) is 5.82. The van der Waals surface area contributed by atoms with Gasteiger partial charge < -0.3 is 4.74 Å². The van der Waals surface area contributed by atoms with Gasteiger partial charge in [0.1, 0.15) is 23.2 Å². The quantitative estimate of drug-likeness (QED) is 0.669. The van der Waals surface area contributed by atoms with E-state index >= 15 is 0 Å². The summed E-state index contributed by atoms with van der Waals surface area (Å²) in [5.41, 5.74) is 2.41. The van der Waals surface area contributed by atoms with Gasteiger partial charge in [-0.2, -0.15) is 0 Å². The molecule has 2 aromatic rings. The summed E-state index contributed by atoms with van der Waals surface area (Å²) in [5, 5.41) is 0. The van der Waals surface area contributed by atoms with Crippen LogP contribution < -0.4 is 16.0 Å². The summed E-state index contributed by atoms with van der Waals surface area (Å²) in [6, 6.07) is 6.22. The van der Waals surface area contributed by atoms with Crippen molar-refractivity contribution in [3.05, 3.63) is 65.0 Å². The zero-order valence-electron chi connectivity index (χ0n) is 10.7. The fraction of sp³-hybridized carbons (Fsp3) is 0.143. The highest BCUT2D eigenvalue weighted by molar-refractivity contribution is 5.43. The van der Waals surface area contributed by atoms with E-state index in [-0.39, 0.29) is 16.9 Å². The minimum absolute atomic E-state index is 0.0253. The van der Waals surface area contributed by atoms with Crippen LogP contribution in [0.4, 0.5) is 13.2 Å². The molecule has 0 fully saturated rings. The van der Waals surface area contributed by atoms with Crippen LogP contribution in [0.3, 0.4) is 0 Å². The molecule has 0 saturated heterocycles. The maximum Gasteiger partial charge on any atom is 0.132 e. The molecular weight excluding hydrogens is 269 g/mol. The van der Waals surface area contributed by atoms with Gasteiger partial charge in [0.25, 0.3) is 0 Å². The second-order valence-electron chi connectivity index (χ2n) is 4.12. The number of hydrogen-bond donors (Lipinski definition) is 2. The van der Waals surface area contributed by atoms with Crippen molar-refractivity contribution in [1.82, 2.24) is 5.43 Å². The number of nitrogens with two attached hydrogens (primary N) is 1. The van der Waals surface area contributed by atoms with Gasteiger partial charge in [0.2, 0.25) is 0 Å². The Balaban J connectivity index is 2.58. The zero-order chi connectivity index (χ0) is 14.7. The fourth-order valence-corrected chi connectivity index (χ4v) is 2.04. The van der Waals surface area contributed by atoms with Crippen molar-refractivity contribution in [3.63, 3.8) is 0 Å². The Kier molecular flexibility index (Phi) is 4.26. The maximum absolute atomic E-state index is 14.0. The number of hydrazine groups is 1. The summed E-state index contributed by atoms with van der Waals surface area (Å²) in [6.45, 7) is 0. The van der Waals surface area contributed by atoms with Crippen molar-refractivity contribution < 1.29 is 17.9 Å². The normalized spacial score (nSPS) is 12.2. The lowest BCUT2D eigenvalue weighted by Crippen LogP contribution is -2.30. The lowest BCUT2D eigenvalue weighted by Gasteiger charge is -2.20. The SMILES string of the molecule is COc1cccc(F)c1C(NN)c1ccc(F)cc1F. The number of hydrogen-bond acceptors (Lipinski definition) is 3. The molecule has 2 rings (SSSR count). The van der Waals surface area contributed by atoms with Crippen LogP contribution in [0.5, 0.6) is 5.75 Å². The molecule has 1 unspecified atom stereocenters. The highest BCUT2D eigenvalue weighted by atomic mass is 19.1. The van der Waals surface area contributed by atoms with E-state index in [4.69, 9.17) is 10.6 Å². The van der Waals surface area contributed by atoms with Crippen molar-refractivity contribution in [2.24, 2.45) is 5.84 Å². The predicted octanol–water partition coefficient (Wildman–Crippen LogP) is 2.67. The molecular formula is C14H13F3N2O. The number of ether oxygens (including phenoxy) is 1. The second kappa shape index (κ2) is 5.94. The first-order valence-corrected chi connectivity index (χ1v) is 5.82. The standard InChI is InChI=1S/C14H13F3N2O/c1-20-12-4-2-3-10(16)13(12)14(19-18)9-6-5-8(15)7-11(9)17/h2-7,14,19H,18H2,1H3. The summed E-state index contributed by atoms with van der Waals surface area (Å²) in [6.07, 6.45) is 0. The Labute approximate surface area is 114 Å². The number of nitrogens with one attached hydrogen (secondary N) is 1. The van der Waals surface area contributed by atoms with E-state index in [9.17, 15) is 13.2 Å². The molecule has 0 bridgehead atoms. The monoisotopic (exact) mass is 282 g/mol. The van der Waals surface area contributed by atoms with Crippen LogP contribution in [0, 0.1) is 17.5 Å². The molecule has 0 spiro atoms. The highest BCUT2D eigenvalue weighted by Gasteiger charge is 2.24. The van der Waals surface area contributed by atoms with E-state index in [1.807, 2.05) is 0 Å². The molecule has 1 atom stereocenters. The number of halogens is 3. The molecule has 0 aromatic heterocycles. The number of rotatable bonds is 4. The van der Waals surface area contributed by atoms with Gasteiger partial charge in [-0.15, -0.1) is 0 Å². The molecule has 20 heavy (non-hydrogen) atoms. The van der Waals surface area contributed by atoms with Gasteiger partial charge in [0.15, 0.2) is 0 Å². The van der Waals surface area contributed by atoms with Crippen LogP contribution in [0.2, 0.25) is 0 Å². The zero-order valence-corrected chi connectivity index (χ0v) is 10.7. The van der Waals surface area contributed by atoms with E-state index in [2.05, 4.69) is 5.43 Å². The van der Waals surface area contributed by atoms with Crippen LogP contribution in [0.15, 0.2) is 36.4 Å². The molecule has 106 valence electrons. The summed E-state index contributed by atoms with van der Waals surface area (Å²) < 4.78 is 45.9. The Hall–Kier alpha value is -2.05. The van der Waals surface area contributed by atoms with E-state index in [0.717, 1.165) is 6.07 Å². The van der Waals surface area contributed by atoms with E-state index < -0.39 is 23.5 Å². The molecule has 0 saturated carbocycles. The van der Waals surface area contributed by atoms with Gasteiger partial charge in [-0.3, -0.25) is 5.84 Å². The average Bonchev–Trinajstić information content (AvgIpc) is 2.43. The summed E-state index contributed by atoms with van der Waals surface area (Å²) in [4.78, 5) is 0. The second-order valence-corrected chi connectivity index (χ2v) is 4.12. The van der Waals surface area contributed by atoms with Crippen LogP contribution in [-0.4, -0.2) is 7.11 Å². The lowest BCUT2D eigenvalue weighted by atomic mass is 9.97. The molecule has 3 N–H and O–H groups in total. The Bertz CT molecular complexity index is 619. The van der Waals surface area contributed by atoms with Crippen LogP contribution >= 0.6 is 0 Å². The minimum Gasteiger partial charge on any atom is -0.496 e. The van der Waals surface area contributed by atoms with E-state index in [0.29, 0.717) is 6.07 Å². The lowest BCUT2D eigenvalue weighted by molar-refractivity contribution is 0.396. The van der Waals surface area contributed by atoms with Gasteiger partial charge in [-0.25, -0.2) is 18.6 Å². The molecule has 0 amide bonds. The van der Waals surface area contributed by atoms with E-state index in [1.165, 1.54) is 31.4 Å². The van der Waals surface area contributed by atoms with Crippen LogP contribution in [0.25, 0.3) is 0 Å². The van der Waals surface area contributed by atoms with E-state index in [1.54, 1.807) is 0 Å². The Morgan fingerprint density at radius 3 is 2.45 bits per heavy atom. The maximum atomic E-state index is 14.0. The molecule has 3 nitrogen and oxygen atoms in total. The van der Waals surface area contributed by atoms with Gasteiger partial charge in [-0.1, -0.05) is 12.1 Å². The average molecular weight is 282 g/mol.